The Bertz CT molecular complexity index is 1930. The van der Waals surface area contributed by atoms with Crippen molar-refractivity contribution < 1.29 is 17.9 Å². The number of anilines is 2. The number of hydrogen-bond donors (Lipinski definition) is 1. The van der Waals surface area contributed by atoms with Gasteiger partial charge in [-0.25, -0.2) is 23.1 Å². The summed E-state index contributed by atoms with van der Waals surface area (Å²) >= 11 is 0. The molecule has 2 aliphatic heterocycles. The lowest BCUT2D eigenvalue weighted by Gasteiger charge is -2.46. The number of benzene rings is 2. The Balaban J connectivity index is 1.47. The van der Waals surface area contributed by atoms with E-state index in [1.165, 1.54) is 12.1 Å². The van der Waals surface area contributed by atoms with Gasteiger partial charge in [-0.15, -0.1) is 0 Å². The Labute approximate surface area is 282 Å². The third-order valence-electron chi connectivity index (χ3n) is 8.93. The van der Waals surface area contributed by atoms with Crippen molar-refractivity contribution in [2.45, 2.75) is 90.9 Å². The molecular weight excluding hydrogens is 627 g/mol. The van der Waals surface area contributed by atoms with Gasteiger partial charge in [-0.2, -0.15) is 4.98 Å². The number of ether oxygens (including phenoxy) is 1. The molecule has 6 rings (SSSR count). The summed E-state index contributed by atoms with van der Waals surface area (Å²) < 4.78 is 36.3. The van der Waals surface area contributed by atoms with Crippen LogP contribution in [-0.4, -0.2) is 63.9 Å². The van der Waals surface area contributed by atoms with Gasteiger partial charge in [-0.05, 0) is 75.3 Å². The van der Waals surface area contributed by atoms with Gasteiger partial charge in [-0.3, -0.25) is 9.78 Å². The van der Waals surface area contributed by atoms with Gasteiger partial charge in [0.15, 0.2) is 0 Å². The minimum Gasteiger partial charge on any atom is -0.475 e. The van der Waals surface area contributed by atoms with Gasteiger partial charge in [0, 0.05) is 29.3 Å². The third kappa shape index (κ3) is 6.99. The molecule has 0 radical (unpaired) electrons. The fourth-order valence-corrected chi connectivity index (χ4v) is 7.77. The maximum Gasteiger partial charge on any atom is 0.264 e. The molecule has 252 valence electrons. The fraction of sp³-hybridized carbons (Fsp3) is 0.417. The quantitative estimate of drug-likeness (QED) is 0.265. The minimum atomic E-state index is -4.17. The molecule has 2 aromatic carbocycles. The van der Waals surface area contributed by atoms with Gasteiger partial charge in [0.25, 0.3) is 15.9 Å². The topological polar surface area (TPSA) is 131 Å². The van der Waals surface area contributed by atoms with Gasteiger partial charge in [-0.1, -0.05) is 45.0 Å². The number of sulfonamides is 1. The standard InChI is InChI=1S/C36H43N7O4S/c1-22-10-8-11-23(2)33(22)30-16-32-40-35(39-30)41-48(45,46)29-13-9-12-26(15-29)34(44)42(28(21-47-32)17-36(5,6)7)20-27-18-37-19-31(38-27)43-24(3)14-25(43)4/h8-13,15-16,18-19,24-25,28H,14,17,20-21H2,1-7H3,(H,39,40,41)/t24-,25+,28-/m1/s1. The first-order valence-corrected chi connectivity index (χ1v) is 17.8. The van der Waals surface area contributed by atoms with Crippen molar-refractivity contribution >= 4 is 27.7 Å². The normalized spacial score (nSPS) is 20.8. The molecule has 0 unspecified atom stereocenters. The number of nitrogens with zero attached hydrogens (tertiary/aromatic N) is 6. The molecule has 1 saturated heterocycles. The summed E-state index contributed by atoms with van der Waals surface area (Å²) in [7, 11) is -4.17. The fourth-order valence-electron chi connectivity index (χ4n) is 6.79. The van der Waals surface area contributed by atoms with Crippen LogP contribution in [0.5, 0.6) is 5.88 Å². The van der Waals surface area contributed by atoms with Crippen LogP contribution in [0.1, 0.15) is 74.6 Å². The zero-order valence-electron chi connectivity index (χ0n) is 28.6. The minimum absolute atomic E-state index is 0.0778. The lowest BCUT2D eigenvalue weighted by Crippen LogP contribution is -2.53. The van der Waals surface area contributed by atoms with Gasteiger partial charge in [0.2, 0.25) is 11.8 Å². The molecule has 4 bridgehead atoms. The lowest BCUT2D eigenvalue weighted by molar-refractivity contribution is 0.0509. The van der Waals surface area contributed by atoms with Crippen molar-refractivity contribution in [2.24, 2.45) is 5.41 Å². The van der Waals surface area contributed by atoms with Crippen LogP contribution in [0.3, 0.4) is 0 Å². The Hall–Kier alpha value is -4.58. The van der Waals surface area contributed by atoms with E-state index in [2.05, 4.69) is 59.2 Å². The SMILES string of the molecule is Cc1cccc(C)c1-c1cc2nc(n1)NS(=O)(=O)c1cccc(c1)C(=O)N(Cc1cncc(N3[C@H](C)C[C@@H]3C)n1)[C@H](CC(C)(C)C)CO2. The molecule has 12 heteroatoms. The van der Waals surface area contributed by atoms with Crippen LogP contribution in [0.4, 0.5) is 11.8 Å². The van der Waals surface area contributed by atoms with E-state index < -0.39 is 16.1 Å². The molecule has 4 aromatic rings. The summed E-state index contributed by atoms with van der Waals surface area (Å²) in [6.45, 7) is 14.9. The van der Waals surface area contributed by atoms with Gasteiger partial charge in [0.1, 0.15) is 12.4 Å². The predicted octanol–water partition coefficient (Wildman–Crippen LogP) is 6.18. The summed E-state index contributed by atoms with van der Waals surface area (Å²) in [5.74, 6) is 0.510. The molecule has 48 heavy (non-hydrogen) atoms. The van der Waals surface area contributed by atoms with Crippen molar-refractivity contribution in [2.75, 3.05) is 16.2 Å². The first-order valence-electron chi connectivity index (χ1n) is 16.3. The zero-order chi connectivity index (χ0) is 34.4. The van der Waals surface area contributed by atoms with E-state index in [0.29, 0.717) is 29.9 Å². The highest BCUT2D eigenvalue weighted by Gasteiger charge is 2.34. The highest BCUT2D eigenvalue weighted by atomic mass is 32.2. The number of carbonyl (C=O) groups is 1. The van der Waals surface area contributed by atoms with Crippen molar-refractivity contribution in [3.8, 4) is 17.1 Å². The zero-order valence-corrected chi connectivity index (χ0v) is 29.4. The molecule has 2 aromatic heterocycles. The van der Waals surface area contributed by atoms with Crippen LogP contribution in [0.15, 0.2) is 65.8 Å². The molecule has 2 aliphatic rings. The molecule has 0 aliphatic carbocycles. The number of aryl methyl sites for hydroxylation is 2. The van der Waals surface area contributed by atoms with Crippen LogP contribution in [0.2, 0.25) is 0 Å². The van der Waals surface area contributed by atoms with E-state index in [1.54, 1.807) is 35.5 Å². The molecule has 1 amide bonds. The molecule has 3 atom stereocenters. The smallest absolute Gasteiger partial charge is 0.264 e. The van der Waals surface area contributed by atoms with E-state index in [9.17, 15) is 13.2 Å². The Morgan fingerprint density at radius 2 is 1.67 bits per heavy atom. The summed E-state index contributed by atoms with van der Waals surface area (Å²) in [4.78, 5) is 36.9. The van der Waals surface area contributed by atoms with Crippen molar-refractivity contribution in [3.05, 3.63) is 83.3 Å². The molecule has 1 fully saturated rings. The second-order valence-electron chi connectivity index (χ2n) is 14.2. The van der Waals surface area contributed by atoms with E-state index in [4.69, 9.17) is 9.72 Å². The Morgan fingerprint density at radius 1 is 0.958 bits per heavy atom. The molecule has 0 saturated carbocycles. The van der Waals surface area contributed by atoms with E-state index in [0.717, 1.165) is 28.9 Å². The summed E-state index contributed by atoms with van der Waals surface area (Å²) in [6, 6.07) is 14.0. The van der Waals surface area contributed by atoms with Crippen LogP contribution < -0.4 is 14.4 Å². The lowest BCUT2D eigenvalue weighted by atomic mass is 9.87. The van der Waals surface area contributed by atoms with E-state index >= 15 is 0 Å². The maximum absolute atomic E-state index is 14.5. The van der Waals surface area contributed by atoms with Crippen molar-refractivity contribution in [3.63, 3.8) is 0 Å². The largest absolute Gasteiger partial charge is 0.475 e. The summed E-state index contributed by atoms with van der Waals surface area (Å²) in [6.07, 6.45) is 5.10. The van der Waals surface area contributed by atoms with Gasteiger partial charge < -0.3 is 14.5 Å². The van der Waals surface area contributed by atoms with Crippen LogP contribution >= 0.6 is 0 Å². The summed E-state index contributed by atoms with van der Waals surface area (Å²) in [5, 5.41) is 0. The Kier molecular flexibility index (Phi) is 8.88. The number of amides is 1. The van der Waals surface area contributed by atoms with Gasteiger partial charge in [0.05, 0.1) is 41.3 Å². The van der Waals surface area contributed by atoms with E-state index in [-0.39, 0.29) is 46.8 Å². The molecule has 1 N–H and O–H groups in total. The van der Waals surface area contributed by atoms with Crippen molar-refractivity contribution in [1.29, 1.82) is 0 Å². The Morgan fingerprint density at radius 3 is 2.35 bits per heavy atom. The number of aromatic nitrogens is 4. The van der Waals surface area contributed by atoms with Gasteiger partial charge >= 0.3 is 0 Å². The average molecular weight is 670 g/mol. The molecular formula is C36H43N7O4S. The third-order valence-corrected chi connectivity index (χ3v) is 10.3. The second kappa shape index (κ2) is 12.8. The predicted molar refractivity (Wildman–Crippen MR) is 185 cm³/mol. The number of carbonyl (C=O) groups excluding carboxylic acids is 1. The van der Waals surface area contributed by atoms with Crippen LogP contribution in [-0.2, 0) is 16.6 Å². The monoisotopic (exact) mass is 669 g/mol. The first kappa shape index (κ1) is 33.3. The van der Waals surface area contributed by atoms with E-state index in [1.807, 2.05) is 32.0 Å². The van der Waals surface area contributed by atoms with Crippen LogP contribution in [0.25, 0.3) is 11.3 Å². The number of fused-ring (bicyclic) bond motifs is 4. The molecule has 0 spiro atoms. The highest BCUT2D eigenvalue weighted by molar-refractivity contribution is 7.92. The average Bonchev–Trinajstić information content (AvgIpc) is 3.01. The number of rotatable bonds is 5. The first-order chi connectivity index (χ1) is 22.7. The maximum atomic E-state index is 14.5. The highest BCUT2D eigenvalue weighted by Crippen LogP contribution is 2.33. The van der Waals surface area contributed by atoms with Crippen molar-refractivity contribution in [1.82, 2.24) is 24.8 Å². The number of hydrogen-bond acceptors (Lipinski definition) is 9. The number of nitrogens with one attached hydrogen (secondary N) is 1. The summed E-state index contributed by atoms with van der Waals surface area (Å²) in [5.41, 5.74) is 4.02. The second-order valence-corrected chi connectivity index (χ2v) is 15.9. The molecule has 11 nitrogen and oxygen atoms in total. The molecule has 4 heterocycles. The van der Waals surface area contributed by atoms with Crippen LogP contribution in [0, 0.1) is 19.3 Å².